The average molecular weight is 1220 g/mol. The zero-order valence-electron chi connectivity index (χ0n) is 45.6. The number of rotatable bonds is 18. The van der Waals surface area contributed by atoms with Crippen LogP contribution in [0, 0.1) is 0 Å². The van der Waals surface area contributed by atoms with Crippen LogP contribution >= 0.6 is 46.9 Å². The van der Waals surface area contributed by atoms with Crippen LogP contribution < -0.4 is 30.2 Å². The lowest BCUT2D eigenvalue weighted by molar-refractivity contribution is 0.0949. The Hall–Kier alpha value is -9.88. The maximum Gasteiger partial charge on any atom is 0.255 e. The number of H-pyrrole nitrogens is 3. The molecule has 6 N–H and O–H groups in total. The third-order valence-electron chi connectivity index (χ3n) is 12.7. The minimum Gasteiger partial charge on any atom is -0.494 e. The number of aromatic nitrogens is 12. The number of thioether (sulfide) groups is 3. The highest BCUT2D eigenvalue weighted by Gasteiger charge is 2.16. The molecule has 6 aromatic heterocycles. The first-order valence-electron chi connectivity index (χ1n) is 26.5. The van der Waals surface area contributed by atoms with Crippen LogP contribution in [0.3, 0.4) is 0 Å². The number of hydrogen-bond acceptors (Lipinski definition) is 18. The summed E-state index contributed by atoms with van der Waals surface area (Å²) in [4.78, 5) is 63.1. The minimum absolute atomic E-state index is 0.126. The van der Waals surface area contributed by atoms with Crippen molar-refractivity contribution < 1.29 is 28.6 Å². The highest BCUT2D eigenvalue weighted by molar-refractivity contribution is 7.99. The molecule has 6 aromatic carbocycles. The number of ether oxygens (including phenoxy) is 3. The van der Waals surface area contributed by atoms with Gasteiger partial charge in [-0.2, -0.15) is 15.3 Å². The van der Waals surface area contributed by atoms with Gasteiger partial charge in [0.15, 0.2) is 28.4 Å². The molecular formula is C61H50ClN15O6S3. The van der Waals surface area contributed by atoms with E-state index < -0.39 is 0 Å². The summed E-state index contributed by atoms with van der Waals surface area (Å²) in [5.74, 6) is 3.80. The predicted molar refractivity (Wildman–Crippen MR) is 332 cm³/mol. The molecule has 12 aromatic rings. The van der Waals surface area contributed by atoms with Crippen molar-refractivity contribution in [2.24, 2.45) is 0 Å². The molecule has 21 nitrogen and oxygen atoms in total. The Morgan fingerprint density at radius 3 is 1.49 bits per heavy atom. The van der Waals surface area contributed by atoms with E-state index in [1.165, 1.54) is 19.0 Å². The second-order valence-electron chi connectivity index (χ2n) is 18.6. The van der Waals surface area contributed by atoms with Crippen molar-refractivity contribution in [3.63, 3.8) is 0 Å². The molecule has 1 aliphatic heterocycles. The van der Waals surface area contributed by atoms with E-state index >= 15 is 0 Å². The van der Waals surface area contributed by atoms with E-state index in [9.17, 15) is 14.4 Å². The van der Waals surface area contributed by atoms with Gasteiger partial charge in [0.2, 0.25) is 6.79 Å². The molecule has 13 rings (SSSR count). The summed E-state index contributed by atoms with van der Waals surface area (Å²) in [7, 11) is 0. The van der Waals surface area contributed by atoms with Crippen molar-refractivity contribution >= 4 is 109 Å². The van der Waals surface area contributed by atoms with Gasteiger partial charge in [-0.05, 0) is 120 Å². The molecule has 0 saturated heterocycles. The quantitative estimate of drug-likeness (QED) is 0.0344. The number of nitrogens with zero attached hydrogens (tertiary/aromatic N) is 9. The van der Waals surface area contributed by atoms with Gasteiger partial charge < -0.3 is 30.2 Å². The van der Waals surface area contributed by atoms with Crippen molar-refractivity contribution in [2.45, 2.75) is 45.8 Å². The van der Waals surface area contributed by atoms with Gasteiger partial charge in [-0.3, -0.25) is 29.7 Å². The van der Waals surface area contributed by atoms with E-state index in [1.54, 1.807) is 90.3 Å². The minimum atomic E-state index is -0.177. The van der Waals surface area contributed by atoms with E-state index in [0.29, 0.717) is 80.5 Å². The van der Waals surface area contributed by atoms with Crippen LogP contribution in [0.1, 0.15) is 60.3 Å². The fraction of sp³-hybridized carbons (Fsp3) is 0.115. The number of amides is 3. The zero-order valence-corrected chi connectivity index (χ0v) is 48.8. The maximum atomic E-state index is 12.6. The van der Waals surface area contributed by atoms with Gasteiger partial charge >= 0.3 is 0 Å². The molecule has 0 aliphatic carbocycles. The first kappa shape index (κ1) is 57.9. The maximum absolute atomic E-state index is 12.6. The van der Waals surface area contributed by atoms with Crippen LogP contribution in [0.2, 0.25) is 5.02 Å². The standard InChI is InChI=1S/C21H17N5O3S.C21H19N5O2S.C19H14ClN5OS/c27-20(22-8-13-4-5-17-18(7-13)29-12-28-17)15-3-1-2-14(6-15)10-30-21-16-9-25-26-19(16)23-11-24-21;1-2-28-17-8-6-16(7-9-17)25-20(27)15-5-3-4-14(10-15)12-29-21-18-11-24-26-19(18)22-13-23-21;20-14-5-2-6-15(8-14)24-18(26)13-4-1-3-12(7-13)10-27-19-16-9-23-25-17(16)21-11-22-19/h1-7,9,11H,8,10,12H2,(H,22,27)(H,23,24,25,26);3-11,13H,2,12H2,1H3,(H,25,27)(H,22,23,24,26);1-9,11H,10H2,(H,24,26)(H,21,22,23,25). The van der Waals surface area contributed by atoms with Gasteiger partial charge in [-0.15, -0.1) is 35.3 Å². The summed E-state index contributed by atoms with van der Waals surface area (Å²) in [5, 5.41) is 35.1. The third-order valence-corrected chi connectivity index (χ3v) is 16.2. The Balaban J connectivity index is 0.000000134. The molecule has 0 unspecified atom stereocenters. The molecule has 0 atom stereocenters. The molecule has 430 valence electrons. The highest BCUT2D eigenvalue weighted by atomic mass is 35.5. The number of benzene rings is 6. The first-order chi connectivity index (χ1) is 42.2. The van der Waals surface area contributed by atoms with Gasteiger partial charge in [0.25, 0.3) is 17.7 Å². The lowest BCUT2D eigenvalue weighted by Gasteiger charge is -2.08. The van der Waals surface area contributed by atoms with E-state index in [2.05, 4.69) is 76.4 Å². The molecule has 1 aliphatic rings. The average Bonchev–Trinajstić information content (AvgIpc) is 4.56. The predicted octanol–water partition coefficient (Wildman–Crippen LogP) is 12.2. The molecule has 0 bridgehead atoms. The van der Waals surface area contributed by atoms with Gasteiger partial charge in [0, 0.05) is 56.9 Å². The lowest BCUT2D eigenvalue weighted by Crippen LogP contribution is -2.22. The third kappa shape index (κ3) is 15.1. The van der Waals surface area contributed by atoms with Crippen LogP contribution in [0.5, 0.6) is 17.2 Å². The molecule has 0 saturated carbocycles. The van der Waals surface area contributed by atoms with Crippen molar-refractivity contribution in [3.05, 3.63) is 221 Å². The van der Waals surface area contributed by atoms with Crippen LogP contribution in [0.4, 0.5) is 11.4 Å². The van der Waals surface area contributed by atoms with Crippen molar-refractivity contribution in [3.8, 4) is 17.2 Å². The van der Waals surface area contributed by atoms with Crippen LogP contribution in [0.25, 0.3) is 33.1 Å². The van der Waals surface area contributed by atoms with Crippen LogP contribution in [-0.4, -0.2) is 91.6 Å². The lowest BCUT2D eigenvalue weighted by atomic mass is 10.1. The van der Waals surface area contributed by atoms with E-state index in [0.717, 1.165) is 70.7 Å². The smallest absolute Gasteiger partial charge is 0.255 e. The number of carbonyl (C=O) groups is 3. The molecule has 86 heavy (non-hydrogen) atoms. The largest absolute Gasteiger partial charge is 0.494 e. The number of nitrogens with one attached hydrogen (secondary N) is 6. The number of fused-ring (bicyclic) bond motifs is 4. The van der Waals surface area contributed by atoms with Crippen molar-refractivity contribution in [1.29, 1.82) is 0 Å². The van der Waals surface area contributed by atoms with E-state index in [1.807, 2.05) is 110 Å². The topological polar surface area (TPSA) is 278 Å². The Morgan fingerprint density at radius 2 is 0.988 bits per heavy atom. The van der Waals surface area contributed by atoms with Crippen LogP contribution in [-0.2, 0) is 23.8 Å². The molecule has 7 heterocycles. The molecule has 0 spiro atoms. The number of carbonyl (C=O) groups excluding carboxylic acids is 3. The van der Waals surface area contributed by atoms with E-state index in [4.69, 9.17) is 25.8 Å². The van der Waals surface area contributed by atoms with Gasteiger partial charge in [-0.25, -0.2) is 29.9 Å². The van der Waals surface area contributed by atoms with Crippen molar-refractivity contribution in [2.75, 3.05) is 24.0 Å². The summed E-state index contributed by atoms with van der Waals surface area (Å²) in [6.07, 6.45) is 9.70. The SMILES string of the molecule is CCOc1ccc(NC(=O)c2cccc(CSc3ncnc4[nH]ncc34)c2)cc1.O=C(NCc1ccc2c(c1)OCO2)c1cccc(CSc2ncnc3[nH]ncc23)c1.O=C(Nc1cccc(Cl)c1)c1cccc(CSc2ncnc3[nH]ncc23)c1. The van der Waals surface area contributed by atoms with Gasteiger partial charge in [0.05, 0.1) is 41.4 Å². The summed E-state index contributed by atoms with van der Waals surface area (Å²) < 4.78 is 16.1. The number of aromatic amines is 3. The zero-order chi connectivity index (χ0) is 59.0. The summed E-state index contributed by atoms with van der Waals surface area (Å²) in [5.41, 5.74) is 9.37. The molecule has 0 fully saturated rings. The Morgan fingerprint density at radius 1 is 0.512 bits per heavy atom. The fourth-order valence-electron chi connectivity index (χ4n) is 8.54. The number of anilines is 2. The van der Waals surface area contributed by atoms with Gasteiger partial charge in [0.1, 0.15) is 39.8 Å². The van der Waals surface area contributed by atoms with E-state index in [-0.39, 0.29) is 24.5 Å². The number of halogens is 1. The first-order valence-corrected chi connectivity index (χ1v) is 29.9. The summed E-state index contributed by atoms with van der Waals surface area (Å²) in [6, 6.07) is 42.7. The summed E-state index contributed by atoms with van der Waals surface area (Å²) >= 11 is 10.7. The van der Waals surface area contributed by atoms with Crippen LogP contribution in [0.15, 0.2) is 192 Å². The molecule has 3 amide bonds. The highest BCUT2D eigenvalue weighted by Crippen LogP contribution is 2.33. The summed E-state index contributed by atoms with van der Waals surface area (Å²) in [6.45, 7) is 3.19. The Kier molecular flexibility index (Phi) is 18.9. The monoisotopic (exact) mass is 1220 g/mol. The normalized spacial score (nSPS) is 11.3. The van der Waals surface area contributed by atoms with Gasteiger partial charge in [-0.1, -0.05) is 60.1 Å². The second-order valence-corrected chi connectivity index (χ2v) is 22.0. The molecule has 0 radical (unpaired) electrons. The Labute approximate surface area is 508 Å². The molecule has 25 heteroatoms. The molecular weight excluding hydrogens is 1170 g/mol. The Bertz CT molecular complexity index is 4340. The number of hydrogen-bond donors (Lipinski definition) is 6. The van der Waals surface area contributed by atoms with Crippen molar-refractivity contribution in [1.82, 2.24) is 65.8 Å². The second kappa shape index (κ2) is 28.1. The fourth-order valence-corrected chi connectivity index (χ4v) is 11.5.